The summed E-state index contributed by atoms with van der Waals surface area (Å²) in [7, 11) is -3.66. The van der Waals surface area contributed by atoms with Crippen molar-refractivity contribution in [3.63, 3.8) is 0 Å². The highest BCUT2D eigenvalue weighted by molar-refractivity contribution is 7.89. The fraction of sp³-hybridized carbons (Fsp3) is 0.348. The molecule has 0 aliphatic carbocycles. The van der Waals surface area contributed by atoms with Gasteiger partial charge in [-0.1, -0.05) is 42.8 Å². The van der Waals surface area contributed by atoms with Gasteiger partial charge < -0.3 is 4.57 Å². The van der Waals surface area contributed by atoms with Gasteiger partial charge in [0, 0.05) is 30.6 Å². The summed E-state index contributed by atoms with van der Waals surface area (Å²) < 4.78 is 31.3. The molecule has 29 heavy (non-hydrogen) atoms. The first kappa shape index (κ1) is 21.1. The van der Waals surface area contributed by atoms with Gasteiger partial charge in [0.05, 0.1) is 10.5 Å². The quantitative estimate of drug-likeness (QED) is 0.636. The van der Waals surface area contributed by atoms with Crippen LogP contribution in [-0.4, -0.2) is 19.0 Å². The molecular weight excluding hydrogens is 382 g/mol. The minimum atomic E-state index is -3.66. The largest absolute Gasteiger partial charge is 0.342 e. The fourth-order valence-electron chi connectivity index (χ4n) is 4.15. The van der Waals surface area contributed by atoms with Gasteiger partial charge in [-0.15, -0.1) is 0 Å². The molecule has 5 nitrogen and oxygen atoms in total. The Morgan fingerprint density at radius 2 is 1.76 bits per heavy atom. The van der Waals surface area contributed by atoms with Crippen LogP contribution in [0.1, 0.15) is 42.7 Å². The molecule has 3 aromatic rings. The van der Waals surface area contributed by atoms with E-state index in [1.165, 1.54) is 0 Å². The highest BCUT2D eigenvalue weighted by atomic mass is 32.2. The van der Waals surface area contributed by atoms with Gasteiger partial charge in [-0.25, -0.2) is 13.1 Å². The fourth-order valence-corrected chi connectivity index (χ4v) is 5.91. The number of hydrogen-bond acceptors (Lipinski definition) is 3. The van der Waals surface area contributed by atoms with Crippen LogP contribution in [0.15, 0.2) is 41.3 Å². The van der Waals surface area contributed by atoms with E-state index in [2.05, 4.69) is 10.8 Å². The molecule has 0 bridgehead atoms. The summed E-state index contributed by atoms with van der Waals surface area (Å²) in [5.41, 5.74) is 4.99. The Morgan fingerprint density at radius 1 is 1.14 bits per heavy atom. The average Bonchev–Trinajstić information content (AvgIpc) is 2.91. The van der Waals surface area contributed by atoms with E-state index >= 15 is 0 Å². The normalized spacial score (nSPS) is 12.8. The molecule has 1 heterocycles. The molecule has 6 heteroatoms. The van der Waals surface area contributed by atoms with Crippen molar-refractivity contribution in [1.29, 1.82) is 5.26 Å². The number of fused-ring (bicyclic) bond motifs is 1. The first-order valence-electron chi connectivity index (χ1n) is 9.77. The Balaban J connectivity index is 0.00000320. The van der Waals surface area contributed by atoms with Crippen molar-refractivity contribution < 1.29 is 9.84 Å². The summed E-state index contributed by atoms with van der Waals surface area (Å²) in [6, 6.07) is 13.5. The second kappa shape index (κ2) is 8.02. The number of aryl methyl sites for hydroxylation is 3. The van der Waals surface area contributed by atoms with Crippen LogP contribution < -0.4 is 4.72 Å². The Labute approximate surface area is 174 Å². The van der Waals surface area contributed by atoms with E-state index in [0.717, 1.165) is 33.3 Å². The lowest BCUT2D eigenvalue weighted by Gasteiger charge is -2.21. The summed E-state index contributed by atoms with van der Waals surface area (Å²) in [5, 5.41) is 10.5. The van der Waals surface area contributed by atoms with Crippen LogP contribution in [0.4, 0.5) is 0 Å². The zero-order valence-electron chi connectivity index (χ0n) is 17.6. The number of hydrogen-bond donors (Lipinski definition) is 1. The van der Waals surface area contributed by atoms with Crippen molar-refractivity contribution in [2.75, 3.05) is 0 Å². The van der Waals surface area contributed by atoms with Gasteiger partial charge in [-0.05, 0) is 51.3 Å². The van der Waals surface area contributed by atoms with Crippen molar-refractivity contribution in [3.05, 3.63) is 64.3 Å². The molecule has 3 rings (SSSR count). The molecule has 2 aromatic carbocycles. The van der Waals surface area contributed by atoms with Crippen LogP contribution in [0.5, 0.6) is 0 Å². The molecule has 0 spiro atoms. The monoisotopic (exact) mass is 411 g/mol. The second-order valence-corrected chi connectivity index (χ2v) is 9.31. The predicted molar refractivity (Wildman–Crippen MR) is 119 cm³/mol. The Hall–Kier alpha value is -2.62. The molecular formula is C23H29N3O2S. The number of aromatic nitrogens is 1. The third-order valence-electron chi connectivity index (χ3n) is 5.43. The molecule has 1 atom stereocenters. The molecule has 0 saturated heterocycles. The molecule has 0 saturated carbocycles. The minimum Gasteiger partial charge on any atom is -0.342 e. The summed E-state index contributed by atoms with van der Waals surface area (Å²) >= 11 is 0. The van der Waals surface area contributed by atoms with Crippen molar-refractivity contribution in [3.8, 4) is 6.07 Å². The van der Waals surface area contributed by atoms with E-state index in [9.17, 15) is 13.7 Å². The molecule has 0 radical (unpaired) electrons. The van der Waals surface area contributed by atoms with Crippen LogP contribution in [0.25, 0.3) is 10.9 Å². The highest BCUT2D eigenvalue weighted by Gasteiger charge is 2.24. The first-order chi connectivity index (χ1) is 13.7. The van der Waals surface area contributed by atoms with E-state index < -0.39 is 10.0 Å². The van der Waals surface area contributed by atoms with Crippen molar-refractivity contribution in [1.82, 2.24) is 9.29 Å². The van der Waals surface area contributed by atoms with Crippen molar-refractivity contribution in [2.45, 2.75) is 58.5 Å². The van der Waals surface area contributed by atoms with E-state index in [1.807, 2.05) is 75.6 Å². The SMILES string of the molecule is CC[C@@H](Cn1c(C)c(C#N)c2ccccc21)NS(=O)(=O)c1c(C)cc(C)cc1C.[HH]. The second-order valence-electron chi connectivity index (χ2n) is 7.65. The summed E-state index contributed by atoms with van der Waals surface area (Å²) in [6.45, 7) is 9.97. The number of nitrogens with one attached hydrogen (secondary N) is 1. The predicted octanol–water partition coefficient (Wildman–Crippen LogP) is 4.75. The maximum atomic E-state index is 13.2. The van der Waals surface area contributed by atoms with Gasteiger partial charge in [0.2, 0.25) is 10.0 Å². The summed E-state index contributed by atoms with van der Waals surface area (Å²) in [4.78, 5) is 0.355. The smallest absolute Gasteiger partial charge is 0.241 e. The number of rotatable bonds is 6. The number of para-hydroxylation sites is 1. The molecule has 0 unspecified atom stereocenters. The lowest BCUT2D eigenvalue weighted by molar-refractivity contribution is 0.487. The van der Waals surface area contributed by atoms with E-state index in [-0.39, 0.29) is 7.47 Å². The van der Waals surface area contributed by atoms with Gasteiger partial charge in [0.15, 0.2) is 0 Å². The van der Waals surface area contributed by atoms with Crippen LogP contribution in [-0.2, 0) is 16.6 Å². The highest BCUT2D eigenvalue weighted by Crippen LogP contribution is 2.26. The Kier molecular flexibility index (Phi) is 5.83. The molecule has 154 valence electrons. The van der Waals surface area contributed by atoms with Crippen molar-refractivity contribution in [2.24, 2.45) is 0 Å². The van der Waals surface area contributed by atoms with Crippen LogP contribution in [0.3, 0.4) is 0 Å². The van der Waals surface area contributed by atoms with Crippen molar-refractivity contribution >= 4 is 20.9 Å². The zero-order valence-corrected chi connectivity index (χ0v) is 18.4. The van der Waals surface area contributed by atoms with Crippen LogP contribution >= 0.6 is 0 Å². The number of nitriles is 1. The minimum absolute atomic E-state index is 0. The summed E-state index contributed by atoms with van der Waals surface area (Å²) in [6.07, 6.45) is 0.636. The van der Waals surface area contributed by atoms with Gasteiger partial charge >= 0.3 is 0 Å². The van der Waals surface area contributed by atoms with E-state index in [4.69, 9.17) is 0 Å². The first-order valence-corrected chi connectivity index (χ1v) is 11.3. The zero-order chi connectivity index (χ0) is 21.3. The van der Waals surface area contributed by atoms with E-state index in [1.54, 1.807) is 0 Å². The molecule has 1 N–H and O–H groups in total. The van der Waals surface area contributed by atoms with Gasteiger partial charge in [0.25, 0.3) is 0 Å². The van der Waals surface area contributed by atoms with Gasteiger partial charge in [-0.3, -0.25) is 0 Å². The Bertz CT molecular complexity index is 1200. The number of benzene rings is 2. The molecule has 0 aliphatic rings. The molecule has 0 amide bonds. The molecule has 1 aromatic heterocycles. The van der Waals surface area contributed by atoms with E-state index in [0.29, 0.717) is 23.4 Å². The Morgan fingerprint density at radius 3 is 2.34 bits per heavy atom. The molecule has 0 fully saturated rings. The lowest BCUT2D eigenvalue weighted by atomic mass is 10.1. The maximum absolute atomic E-state index is 13.2. The van der Waals surface area contributed by atoms with Crippen LogP contribution in [0, 0.1) is 39.0 Å². The van der Waals surface area contributed by atoms with Gasteiger partial charge in [-0.2, -0.15) is 5.26 Å². The lowest BCUT2D eigenvalue weighted by Crippen LogP contribution is -2.38. The standard InChI is InChI=1S/C23H27N3O2S.H2/c1-6-19(25-29(27,28)23-16(3)11-15(2)12-17(23)4)14-26-18(5)21(13-24)20-9-7-8-10-22(20)26;/h7-12,19,25H,6,14H2,1-5H3;1H/t19-;/m0./s1. The summed E-state index contributed by atoms with van der Waals surface area (Å²) in [5.74, 6) is 0. The van der Waals surface area contributed by atoms with Gasteiger partial charge in [0.1, 0.15) is 6.07 Å². The average molecular weight is 412 g/mol. The maximum Gasteiger partial charge on any atom is 0.241 e. The third kappa shape index (κ3) is 3.93. The molecule has 0 aliphatic heterocycles. The topological polar surface area (TPSA) is 74.9 Å². The number of nitrogens with zero attached hydrogens (tertiary/aromatic N) is 2. The van der Waals surface area contributed by atoms with Crippen LogP contribution in [0.2, 0.25) is 0 Å². The third-order valence-corrected chi connectivity index (χ3v) is 7.26. The number of sulfonamides is 1.